The van der Waals surface area contributed by atoms with Crippen molar-refractivity contribution in [3.05, 3.63) is 60.9 Å². The third-order valence-corrected chi connectivity index (χ3v) is 4.39. The Kier molecular flexibility index (Phi) is 4.16. The largest absolute Gasteiger partial charge is 0.366 e. The second-order valence-corrected chi connectivity index (χ2v) is 5.48. The lowest BCUT2D eigenvalue weighted by Gasteiger charge is -2.06. The molecule has 1 aromatic carbocycles. The molecule has 0 bridgehead atoms. The van der Waals surface area contributed by atoms with E-state index in [4.69, 9.17) is 5.73 Å². The van der Waals surface area contributed by atoms with Crippen LogP contribution in [0.3, 0.4) is 0 Å². The monoisotopic (exact) mass is 385 g/mol. The molecule has 0 spiro atoms. The highest BCUT2D eigenvalue weighted by atomic mass is 79.9. The average molecular weight is 387 g/mol. The molecule has 5 nitrogen and oxygen atoms in total. The highest BCUT2D eigenvalue weighted by Gasteiger charge is 2.08. The fourth-order valence-electron chi connectivity index (χ4n) is 1.55. The number of rotatable bonds is 3. The first-order valence-corrected chi connectivity index (χ1v) is 6.87. The zero-order chi connectivity index (χ0) is 14.0. The number of primary amides is 1. The van der Waals surface area contributed by atoms with Crippen molar-refractivity contribution < 1.29 is 4.79 Å². The van der Waals surface area contributed by atoms with Crippen LogP contribution in [0.25, 0.3) is 0 Å². The van der Waals surface area contributed by atoms with Crippen molar-refractivity contribution in [1.82, 2.24) is 9.78 Å². The number of halogens is 2. The molecule has 0 fully saturated rings. The zero-order valence-corrected chi connectivity index (χ0v) is 12.8. The lowest BCUT2D eigenvalue weighted by molar-refractivity contribution is 0.1000. The molecule has 0 unspecified atom stereocenters. The molecule has 2 rings (SSSR count). The Morgan fingerprint density at radius 1 is 1.37 bits per heavy atom. The smallest absolute Gasteiger partial charge is 0.282 e. The van der Waals surface area contributed by atoms with Gasteiger partial charge in [0.15, 0.2) is 0 Å². The fraction of sp³-hybridized carbons (Fsp3) is 0.0833. The first kappa shape index (κ1) is 14.0. The van der Waals surface area contributed by atoms with Gasteiger partial charge in [-0.2, -0.15) is 5.10 Å². The second-order valence-electron chi connectivity index (χ2n) is 3.83. The minimum absolute atomic E-state index is 0.251. The highest BCUT2D eigenvalue weighted by Crippen LogP contribution is 2.16. The Balaban J connectivity index is 2.37. The molecular formula is C12H9Br2N3O2. The second kappa shape index (κ2) is 5.66. The van der Waals surface area contributed by atoms with Gasteiger partial charge < -0.3 is 5.73 Å². The van der Waals surface area contributed by atoms with Gasteiger partial charge in [0, 0.05) is 5.56 Å². The summed E-state index contributed by atoms with van der Waals surface area (Å²) in [5.41, 5.74) is 6.14. The Hall–Kier alpha value is -1.47. The SMILES string of the molecule is NC(=O)c1cccc(Cn2ncc(Br)c(Br)c2=O)c1. The van der Waals surface area contributed by atoms with Gasteiger partial charge in [0.1, 0.15) is 4.47 Å². The first-order chi connectivity index (χ1) is 8.99. The van der Waals surface area contributed by atoms with E-state index in [1.165, 1.54) is 10.9 Å². The van der Waals surface area contributed by atoms with E-state index in [1.54, 1.807) is 24.3 Å². The molecule has 0 atom stereocenters. The topological polar surface area (TPSA) is 78.0 Å². The molecule has 0 saturated heterocycles. The number of aromatic nitrogens is 2. The lowest BCUT2D eigenvalue weighted by atomic mass is 10.1. The van der Waals surface area contributed by atoms with Crippen molar-refractivity contribution in [1.29, 1.82) is 0 Å². The van der Waals surface area contributed by atoms with E-state index in [1.807, 2.05) is 0 Å². The number of benzene rings is 1. The molecule has 1 amide bonds. The molecule has 7 heteroatoms. The number of amides is 1. The minimum Gasteiger partial charge on any atom is -0.366 e. The number of hydrogen-bond donors (Lipinski definition) is 1. The van der Waals surface area contributed by atoms with Gasteiger partial charge in [-0.15, -0.1) is 0 Å². The minimum atomic E-state index is -0.501. The number of carbonyl (C=O) groups is 1. The number of carbonyl (C=O) groups excluding carboxylic acids is 1. The van der Waals surface area contributed by atoms with Crippen LogP contribution in [0.4, 0.5) is 0 Å². The van der Waals surface area contributed by atoms with Crippen molar-refractivity contribution in [3.63, 3.8) is 0 Å². The summed E-state index contributed by atoms with van der Waals surface area (Å²) >= 11 is 6.40. The van der Waals surface area contributed by atoms with Crippen LogP contribution in [0.5, 0.6) is 0 Å². The van der Waals surface area contributed by atoms with Crippen LogP contribution >= 0.6 is 31.9 Å². The summed E-state index contributed by atoms with van der Waals surface area (Å²) in [6, 6.07) is 6.79. The van der Waals surface area contributed by atoms with E-state index >= 15 is 0 Å². The first-order valence-electron chi connectivity index (χ1n) is 5.29. The molecule has 1 heterocycles. The fourth-order valence-corrected chi connectivity index (χ4v) is 2.12. The van der Waals surface area contributed by atoms with Gasteiger partial charge in [0.2, 0.25) is 5.91 Å². The van der Waals surface area contributed by atoms with Crippen molar-refractivity contribution in [2.24, 2.45) is 5.73 Å². The number of hydrogen-bond acceptors (Lipinski definition) is 3. The third kappa shape index (κ3) is 3.10. The standard InChI is InChI=1S/C12H9Br2N3O2/c13-9-5-16-17(12(19)10(9)14)6-7-2-1-3-8(4-7)11(15)18/h1-5H,6H2,(H2,15,18). The van der Waals surface area contributed by atoms with Crippen LogP contribution in [-0.2, 0) is 6.54 Å². The summed E-state index contributed by atoms with van der Waals surface area (Å²) < 4.78 is 2.31. The highest BCUT2D eigenvalue weighted by molar-refractivity contribution is 9.13. The Morgan fingerprint density at radius 3 is 2.79 bits per heavy atom. The van der Waals surface area contributed by atoms with E-state index in [9.17, 15) is 9.59 Å². The molecule has 2 N–H and O–H groups in total. The Labute approximate surface area is 125 Å². The number of nitrogens with two attached hydrogens (primary N) is 1. The Morgan fingerprint density at radius 2 is 2.11 bits per heavy atom. The summed E-state index contributed by atoms with van der Waals surface area (Å²) in [5, 5.41) is 4.02. The quantitative estimate of drug-likeness (QED) is 0.875. The van der Waals surface area contributed by atoms with Gasteiger partial charge in [-0.25, -0.2) is 4.68 Å². The van der Waals surface area contributed by atoms with E-state index in [0.717, 1.165) is 5.56 Å². The maximum atomic E-state index is 11.9. The van der Waals surface area contributed by atoms with Crippen LogP contribution in [0.2, 0.25) is 0 Å². The summed E-state index contributed by atoms with van der Waals surface area (Å²) in [6.07, 6.45) is 1.53. The average Bonchev–Trinajstić information content (AvgIpc) is 2.40. The summed E-state index contributed by atoms with van der Waals surface area (Å²) in [7, 11) is 0. The molecule has 98 valence electrons. The Bertz CT molecular complexity index is 698. The van der Waals surface area contributed by atoms with E-state index in [-0.39, 0.29) is 12.1 Å². The summed E-state index contributed by atoms with van der Waals surface area (Å²) in [6.45, 7) is 0.270. The van der Waals surface area contributed by atoms with Gasteiger partial charge in [0.25, 0.3) is 5.56 Å². The summed E-state index contributed by atoms with van der Waals surface area (Å²) in [4.78, 5) is 23.0. The predicted molar refractivity (Wildman–Crippen MR) is 78.0 cm³/mol. The molecule has 0 saturated carbocycles. The van der Waals surface area contributed by atoms with Crippen LogP contribution in [0.1, 0.15) is 15.9 Å². The number of nitrogens with zero attached hydrogens (tertiary/aromatic N) is 2. The maximum absolute atomic E-state index is 11.9. The van der Waals surface area contributed by atoms with Gasteiger partial charge in [0.05, 0.1) is 17.2 Å². The van der Waals surface area contributed by atoms with Crippen LogP contribution in [0, 0.1) is 0 Å². The predicted octanol–water partition coefficient (Wildman–Crippen LogP) is 1.92. The van der Waals surface area contributed by atoms with Gasteiger partial charge in [-0.3, -0.25) is 9.59 Å². The van der Waals surface area contributed by atoms with Crippen molar-refractivity contribution in [2.75, 3.05) is 0 Å². The third-order valence-electron chi connectivity index (χ3n) is 2.49. The van der Waals surface area contributed by atoms with E-state index in [0.29, 0.717) is 14.5 Å². The molecule has 2 aromatic rings. The van der Waals surface area contributed by atoms with Gasteiger partial charge in [-0.1, -0.05) is 12.1 Å². The summed E-state index contributed by atoms with van der Waals surface area (Å²) in [5.74, 6) is -0.501. The maximum Gasteiger partial charge on any atom is 0.282 e. The van der Waals surface area contributed by atoms with E-state index in [2.05, 4.69) is 37.0 Å². The molecular weight excluding hydrogens is 378 g/mol. The zero-order valence-electron chi connectivity index (χ0n) is 9.64. The van der Waals surface area contributed by atoms with Gasteiger partial charge in [-0.05, 0) is 49.6 Å². The van der Waals surface area contributed by atoms with Gasteiger partial charge >= 0.3 is 0 Å². The van der Waals surface area contributed by atoms with Crippen LogP contribution in [0.15, 0.2) is 44.2 Å². The molecule has 19 heavy (non-hydrogen) atoms. The van der Waals surface area contributed by atoms with Crippen molar-refractivity contribution >= 4 is 37.8 Å². The molecule has 0 aliphatic rings. The van der Waals surface area contributed by atoms with Crippen LogP contribution < -0.4 is 11.3 Å². The molecule has 0 aliphatic heterocycles. The molecule has 0 aliphatic carbocycles. The molecule has 0 radical (unpaired) electrons. The van der Waals surface area contributed by atoms with Crippen molar-refractivity contribution in [2.45, 2.75) is 6.54 Å². The normalized spacial score (nSPS) is 10.4. The lowest BCUT2D eigenvalue weighted by Crippen LogP contribution is -2.24. The van der Waals surface area contributed by atoms with Crippen molar-refractivity contribution in [3.8, 4) is 0 Å². The van der Waals surface area contributed by atoms with Crippen LogP contribution in [-0.4, -0.2) is 15.7 Å². The molecule has 1 aromatic heterocycles. The van der Waals surface area contributed by atoms with E-state index < -0.39 is 5.91 Å².